The van der Waals surface area contributed by atoms with Crippen molar-refractivity contribution in [1.82, 2.24) is 10.3 Å². The Labute approximate surface area is 133 Å². The van der Waals surface area contributed by atoms with Crippen molar-refractivity contribution >= 4 is 11.9 Å². The number of benzene rings is 1. The summed E-state index contributed by atoms with van der Waals surface area (Å²) < 4.78 is 17.8. The third-order valence-electron chi connectivity index (χ3n) is 3.15. The van der Waals surface area contributed by atoms with Gasteiger partial charge in [-0.1, -0.05) is 18.2 Å². The number of esters is 1. The van der Waals surface area contributed by atoms with E-state index in [0.29, 0.717) is 13.0 Å². The molecular formula is C17H17FN2O3. The summed E-state index contributed by atoms with van der Waals surface area (Å²) in [6, 6.07) is 10.9. The Morgan fingerprint density at radius 1 is 1.22 bits per heavy atom. The quantitative estimate of drug-likeness (QED) is 0.829. The van der Waals surface area contributed by atoms with Gasteiger partial charge in [0.25, 0.3) is 5.91 Å². The van der Waals surface area contributed by atoms with E-state index in [1.807, 2.05) is 0 Å². The molecule has 23 heavy (non-hydrogen) atoms. The van der Waals surface area contributed by atoms with Gasteiger partial charge in [0.15, 0.2) is 6.10 Å². The lowest BCUT2D eigenvalue weighted by Gasteiger charge is -2.13. The summed E-state index contributed by atoms with van der Waals surface area (Å²) in [4.78, 5) is 27.5. The summed E-state index contributed by atoms with van der Waals surface area (Å²) in [6.45, 7) is 1.87. The highest BCUT2D eigenvalue weighted by molar-refractivity contribution is 5.90. The molecule has 1 N–H and O–H groups in total. The molecule has 6 heteroatoms. The second kappa shape index (κ2) is 8.03. The van der Waals surface area contributed by atoms with Crippen LogP contribution in [0, 0.1) is 5.82 Å². The summed E-state index contributed by atoms with van der Waals surface area (Å²) in [5, 5.41) is 2.67. The highest BCUT2D eigenvalue weighted by Gasteiger charge is 2.18. The Balaban J connectivity index is 1.76. The van der Waals surface area contributed by atoms with E-state index in [1.54, 1.807) is 24.3 Å². The molecule has 0 bridgehead atoms. The zero-order chi connectivity index (χ0) is 16.7. The van der Waals surface area contributed by atoms with Gasteiger partial charge in [-0.05, 0) is 43.2 Å². The molecule has 1 amide bonds. The molecule has 0 aliphatic heterocycles. The van der Waals surface area contributed by atoms with Crippen molar-refractivity contribution in [3.05, 3.63) is 65.7 Å². The number of ether oxygens (including phenoxy) is 1. The third-order valence-corrected chi connectivity index (χ3v) is 3.15. The first kappa shape index (κ1) is 16.6. The van der Waals surface area contributed by atoms with Crippen molar-refractivity contribution in [2.75, 3.05) is 6.54 Å². The number of amides is 1. The number of pyridine rings is 1. The predicted octanol–water partition coefficient (Wildman–Crippen LogP) is 2.12. The predicted molar refractivity (Wildman–Crippen MR) is 82.2 cm³/mol. The van der Waals surface area contributed by atoms with Crippen molar-refractivity contribution in [2.24, 2.45) is 0 Å². The minimum absolute atomic E-state index is 0.151. The van der Waals surface area contributed by atoms with Gasteiger partial charge >= 0.3 is 5.97 Å². The van der Waals surface area contributed by atoms with Crippen LogP contribution in [-0.4, -0.2) is 29.5 Å². The van der Waals surface area contributed by atoms with Crippen molar-refractivity contribution in [1.29, 1.82) is 0 Å². The van der Waals surface area contributed by atoms with Gasteiger partial charge in [-0.3, -0.25) is 4.79 Å². The molecule has 1 heterocycles. The minimum atomic E-state index is -0.919. The fourth-order valence-electron chi connectivity index (χ4n) is 1.88. The summed E-state index contributed by atoms with van der Waals surface area (Å²) in [7, 11) is 0. The fraction of sp³-hybridized carbons (Fsp3) is 0.235. The van der Waals surface area contributed by atoms with E-state index in [-0.39, 0.29) is 11.5 Å². The van der Waals surface area contributed by atoms with Crippen LogP contribution in [0.2, 0.25) is 0 Å². The molecule has 0 saturated heterocycles. The summed E-state index contributed by atoms with van der Waals surface area (Å²) >= 11 is 0. The SMILES string of the molecule is C[C@@H](OC(=O)c1ccccn1)C(=O)NCCc1ccc(F)cc1. The first-order chi connectivity index (χ1) is 11.1. The van der Waals surface area contributed by atoms with Gasteiger partial charge in [0.1, 0.15) is 11.5 Å². The molecule has 0 saturated carbocycles. The number of aromatic nitrogens is 1. The number of rotatable bonds is 6. The average Bonchev–Trinajstić information content (AvgIpc) is 2.57. The van der Waals surface area contributed by atoms with Gasteiger partial charge in [-0.2, -0.15) is 0 Å². The van der Waals surface area contributed by atoms with Crippen LogP contribution in [0.15, 0.2) is 48.7 Å². The highest BCUT2D eigenvalue weighted by atomic mass is 19.1. The zero-order valence-electron chi connectivity index (χ0n) is 12.7. The van der Waals surface area contributed by atoms with Gasteiger partial charge < -0.3 is 10.1 Å². The van der Waals surface area contributed by atoms with Gasteiger partial charge in [0, 0.05) is 12.7 Å². The number of nitrogens with zero attached hydrogens (tertiary/aromatic N) is 1. The van der Waals surface area contributed by atoms with E-state index in [1.165, 1.54) is 31.3 Å². The molecule has 0 aliphatic rings. The summed E-state index contributed by atoms with van der Waals surface area (Å²) in [5.74, 6) is -1.34. The molecule has 0 fully saturated rings. The minimum Gasteiger partial charge on any atom is -0.448 e. The largest absolute Gasteiger partial charge is 0.448 e. The molecular weight excluding hydrogens is 299 g/mol. The molecule has 1 aromatic carbocycles. The lowest BCUT2D eigenvalue weighted by molar-refractivity contribution is -0.129. The van der Waals surface area contributed by atoms with E-state index >= 15 is 0 Å². The fourth-order valence-corrected chi connectivity index (χ4v) is 1.88. The van der Waals surface area contributed by atoms with Crippen molar-refractivity contribution in [3.63, 3.8) is 0 Å². The Bertz CT molecular complexity index is 659. The molecule has 1 atom stereocenters. The highest BCUT2D eigenvalue weighted by Crippen LogP contribution is 2.04. The Morgan fingerprint density at radius 3 is 2.61 bits per heavy atom. The second-order valence-electron chi connectivity index (χ2n) is 4.93. The first-order valence-electron chi connectivity index (χ1n) is 7.20. The lowest BCUT2D eigenvalue weighted by Crippen LogP contribution is -2.37. The lowest BCUT2D eigenvalue weighted by atomic mass is 10.1. The molecule has 0 aliphatic carbocycles. The van der Waals surface area contributed by atoms with Gasteiger partial charge in [0.05, 0.1) is 0 Å². The molecule has 1 aromatic heterocycles. The third kappa shape index (κ3) is 5.18. The Kier molecular flexibility index (Phi) is 5.80. The van der Waals surface area contributed by atoms with Crippen LogP contribution in [0.5, 0.6) is 0 Å². The average molecular weight is 316 g/mol. The van der Waals surface area contributed by atoms with E-state index in [9.17, 15) is 14.0 Å². The topological polar surface area (TPSA) is 68.3 Å². The number of hydrogen-bond acceptors (Lipinski definition) is 4. The number of hydrogen-bond donors (Lipinski definition) is 1. The molecule has 5 nitrogen and oxygen atoms in total. The van der Waals surface area contributed by atoms with Crippen molar-refractivity contribution in [2.45, 2.75) is 19.4 Å². The van der Waals surface area contributed by atoms with Gasteiger partial charge in [-0.15, -0.1) is 0 Å². The van der Waals surface area contributed by atoms with Crippen LogP contribution < -0.4 is 5.32 Å². The van der Waals surface area contributed by atoms with Crippen LogP contribution in [0.4, 0.5) is 4.39 Å². The van der Waals surface area contributed by atoms with E-state index in [2.05, 4.69) is 10.3 Å². The van der Waals surface area contributed by atoms with Crippen LogP contribution in [-0.2, 0) is 16.0 Å². The number of halogens is 1. The Morgan fingerprint density at radius 2 is 1.96 bits per heavy atom. The monoisotopic (exact) mass is 316 g/mol. The molecule has 0 spiro atoms. The molecule has 2 aromatic rings. The van der Waals surface area contributed by atoms with Gasteiger partial charge in [-0.25, -0.2) is 14.2 Å². The molecule has 0 unspecified atom stereocenters. The van der Waals surface area contributed by atoms with Crippen LogP contribution >= 0.6 is 0 Å². The van der Waals surface area contributed by atoms with Crippen LogP contribution in [0.25, 0.3) is 0 Å². The first-order valence-corrected chi connectivity index (χ1v) is 7.20. The normalized spacial score (nSPS) is 11.6. The van der Waals surface area contributed by atoms with Crippen molar-refractivity contribution < 1.29 is 18.7 Å². The molecule has 120 valence electrons. The maximum atomic E-state index is 12.8. The smallest absolute Gasteiger partial charge is 0.357 e. The maximum absolute atomic E-state index is 12.8. The van der Waals surface area contributed by atoms with Gasteiger partial charge in [0.2, 0.25) is 0 Å². The Hall–Kier alpha value is -2.76. The molecule has 2 rings (SSSR count). The number of carbonyl (C=O) groups excluding carboxylic acids is 2. The zero-order valence-corrected chi connectivity index (χ0v) is 12.7. The standard InChI is InChI=1S/C17H17FN2O3/c1-12(23-17(22)15-4-2-3-10-19-15)16(21)20-11-9-13-5-7-14(18)8-6-13/h2-8,10,12H,9,11H2,1H3,(H,20,21)/t12-/m1/s1. The number of carbonyl (C=O) groups is 2. The number of nitrogens with one attached hydrogen (secondary N) is 1. The van der Waals surface area contributed by atoms with E-state index in [0.717, 1.165) is 5.56 Å². The van der Waals surface area contributed by atoms with E-state index < -0.39 is 18.0 Å². The maximum Gasteiger partial charge on any atom is 0.357 e. The second-order valence-corrected chi connectivity index (χ2v) is 4.93. The molecule has 0 radical (unpaired) electrons. The van der Waals surface area contributed by atoms with Crippen LogP contribution in [0.3, 0.4) is 0 Å². The van der Waals surface area contributed by atoms with E-state index in [4.69, 9.17) is 4.74 Å². The summed E-state index contributed by atoms with van der Waals surface area (Å²) in [6.07, 6.45) is 1.12. The van der Waals surface area contributed by atoms with Crippen LogP contribution in [0.1, 0.15) is 23.0 Å². The van der Waals surface area contributed by atoms with Crippen molar-refractivity contribution in [3.8, 4) is 0 Å². The summed E-state index contributed by atoms with van der Waals surface area (Å²) in [5.41, 5.74) is 1.06.